The summed E-state index contributed by atoms with van der Waals surface area (Å²) in [5.74, 6) is 6.78. The summed E-state index contributed by atoms with van der Waals surface area (Å²) in [5.41, 5.74) is 7.31. The highest BCUT2D eigenvalue weighted by molar-refractivity contribution is 7.09. The zero-order valence-electron chi connectivity index (χ0n) is 16.8. The minimum atomic E-state index is -1.32. The van der Waals surface area contributed by atoms with Crippen LogP contribution in [-0.4, -0.2) is 39.8 Å². The van der Waals surface area contributed by atoms with E-state index in [1.54, 1.807) is 13.1 Å². The zero-order valence-corrected chi connectivity index (χ0v) is 18.4. The van der Waals surface area contributed by atoms with Crippen LogP contribution in [-0.2, 0) is 15.8 Å². The molecular formula is C22H20ClN5O2S. The van der Waals surface area contributed by atoms with Crippen molar-refractivity contribution in [3.63, 3.8) is 0 Å². The third-order valence-electron chi connectivity index (χ3n) is 5.72. The molecule has 1 spiro atoms. The van der Waals surface area contributed by atoms with Gasteiger partial charge in [-0.1, -0.05) is 29.5 Å². The van der Waals surface area contributed by atoms with Gasteiger partial charge in [-0.2, -0.15) is 4.98 Å². The molecule has 4 heterocycles. The van der Waals surface area contributed by atoms with E-state index in [1.165, 1.54) is 23.1 Å². The summed E-state index contributed by atoms with van der Waals surface area (Å²) in [6.07, 6.45) is 4.09. The number of hydrogen-bond acceptors (Lipinski definition) is 8. The van der Waals surface area contributed by atoms with Crippen molar-refractivity contribution in [3.8, 4) is 11.8 Å². The molecule has 0 aliphatic carbocycles. The standard InChI is InChI=1S/C22H20ClN5O2S/c1-21(29,19-25-7-9-31-19)5-4-14-2-3-15-17(10-14)28(12-22(15)6-8-30-13-22)18-16(23)11-26-20(24)27-18/h2-3,7,9-11,29H,6,8,12-13H2,1H3,(H2,24,26,27)/t21-,22+/m1/s1. The molecule has 0 amide bonds. The molecule has 2 aliphatic rings. The number of hydrogen-bond donors (Lipinski definition) is 2. The third-order valence-corrected chi connectivity index (χ3v) is 6.97. The molecule has 3 aromatic rings. The van der Waals surface area contributed by atoms with Gasteiger partial charge in [-0.25, -0.2) is 9.97 Å². The van der Waals surface area contributed by atoms with E-state index in [2.05, 4.69) is 37.8 Å². The number of rotatable bonds is 2. The van der Waals surface area contributed by atoms with Crippen LogP contribution in [0.5, 0.6) is 0 Å². The number of benzene rings is 1. The minimum Gasteiger partial charge on any atom is -0.380 e. The summed E-state index contributed by atoms with van der Waals surface area (Å²) < 4.78 is 5.76. The van der Waals surface area contributed by atoms with Crippen LogP contribution in [0, 0.1) is 11.8 Å². The Morgan fingerprint density at radius 2 is 2.26 bits per heavy atom. The molecule has 9 heteroatoms. The fourth-order valence-electron chi connectivity index (χ4n) is 4.16. The lowest BCUT2D eigenvalue weighted by Crippen LogP contribution is -2.32. The molecule has 31 heavy (non-hydrogen) atoms. The number of aromatic nitrogens is 3. The molecule has 0 bridgehead atoms. The van der Waals surface area contributed by atoms with Crippen LogP contribution in [0.2, 0.25) is 5.02 Å². The van der Waals surface area contributed by atoms with E-state index in [-0.39, 0.29) is 11.4 Å². The van der Waals surface area contributed by atoms with Crippen LogP contribution in [0.25, 0.3) is 0 Å². The number of nitrogen functional groups attached to an aromatic ring is 1. The lowest BCUT2D eigenvalue weighted by atomic mass is 9.81. The van der Waals surface area contributed by atoms with E-state index in [0.717, 1.165) is 17.7 Å². The Kier molecular flexibility index (Phi) is 4.87. The summed E-state index contributed by atoms with van der Waals surface area (Å²) in [4.78, 5) is 14.6. The summed E-state index contributed by atoms with van der Waals surface area (Å²) in [6, 6.07) is 6.07. The van der Waals surface area contributed by atoms with E-state index in [0.29, 0.717) is 35.6 Å². The van der Waals surface area contributed by atoms with Crippen LogP contribution in [0.4, 0.5) is 17.5 Å². The quantitative estimate of drug-likeness (QED) is 0.575. The van der Waals surface area contributed by atoms with Gasteiger partial charge in [-0.05, 0) is 31.0 Å². The first kappa shape index (κ1) is 20.2. The number of nitrogens with zero attached hydrogens (tertiary/aromatic N) is 4. The van der Waals surface area contributed by atoms with E-state index in [4.69, 9.17) is 22.1 Å². The topological polar surface area (TPSA) is 97.4 Å². The molecule has 7 nitrogen and oxygen atoms in total. The van der Waals surface area contributed by atoms with Gasteiger partial charge in [-0.15, -0.1) is 11.3 Å². The second-order valence-corrected chi connectivity index (χ2v) is 9.26. The van der Waals surface area contributed by atoms with Gasteiger partial charge in [0, 0.05) is 41.4 Å². The van der Waals surface area contributed by atoms with Crippen LogP contribution < -0.4 is 10.6 Å². The second-order valence-electron chi connectivity index (χ2n) is 7.96. The van der Waals surface area contributed by atoms with Gasteiger partial charge in [0.05, 0.1) is 12.8 Å². The van der Waals surface area contributed by atoms with Crippen molar-refractivity contribution in [2.24, 2.45) is 0 Å². The molecular weight excluding hydrogens is 434 g/mol. The number of fused-ring (bicyclic) bond motifs is 2. The first-order chi connectivity index (χ1) is 14.9. The average molecular weight is 454 g/mol. The molecule has 158 valence electrons. The fourth-order valence-corrected chi connectivity index (χ4v) is 5.01. The highest BCUT2D eigenvalue weighted by atomic mass is 35.5. The highest BCUT2D eigenvalue weighted by Gasteiger charge is 2.46. The molecule has 1 fully saturated rings. The SMILES string of the molecule is C[C@@](O)(C#Cc1ccc2c(c1)N(c1nc(N)ncc1Cl)C[C@]21CCOC1)c1nccs1. The van der Waals surface area contributed by atoms with Crippen molar-refractivity contribution in [3.05, 3.63) is 57.1 Å². The Bertz CT molecular complexity index is 1200. The molecule has 0 radical (unpaired) electrons. The molecule has 1 aromatic carbocycles. The van der Waals surface area contributed by atoms with E-state index >= 15 is 0 Å². The van der Waals surface area contributed by atoms with Crippen LogP contribution in [0.15, 0.2) is 36.0 Å². The first-order valence-corrected chi connectivity index (χ1v) is 11.1. The van der Waals surface area contributed by atoms with Crippen molar-refractivity contribution >= 4 is 40.4 Å². The number of anilines is 3. The van der Waals surface area contributed by atoms with E-state index in [9.17, 15) is 5.11 Å². The number of ether oxygens (including phenoxy) is 1. The zero-order chi connectivity index (χ0) is 21.6. The number of halogens is 1. The summed E-state index contributed by atoms with van der Waals surface area (Å²) in [6.45, 7) is 3.68. The van der Waals surface area contributed by atoms with Crippen molar-refractivity contribution in [1.29, 1.82) is 0 Å². The van der Waals surface area contributed by atoms with Crippen LogP contribution in [0.1, 0.15) is 29.5 Å². The van der Waals surface area contributed by atoms with Gasteiger partial charge < -0.3 is 20.5 Å². The highest BCUT2D eigenvalue weighted by Crippen LogP contribution is 2.49. The van der Waals surface area contributed by atoms with Crippen LogP contribution in [0.3, 0.4) is 0 Å². The van der Waals surface area contributed by atoms with E-state index < -0.39 is 5.60 Å². The summed E-state index contributed by atoms with van der Waals surface area (Å²) >= 11 is 7.81. The fraction of sp³-hybridized carbons (Fsp3) is 0.318. The summed E-state index contributed by atoms with van der Waals surface area (Å²) in [7, 11) is 0. The first-order valence-electron chi connectivity index (χ1n) is 9.81. The maximum absolute atomic E-state index is 10.7. The van der Waals surface area contributed by atoms with Gasteiger partial charge in [-0.3, -0.25) is 0 Å². The van der Waals surface area contributed by atoms with Crippen molar-refractivity contribution in [2.45, 2.75) is 24.4 Å². The minimum absolute atomic E-state index is 0.128. The van der Waals surface area contributed by atoms with Crippen molar-refractivity contribution in [2.75, 3.05) is 30.4 Å². The Balaban J connectivity index is 1.58. The smallest absolute Gasteiger partial charge is 0.222 e. The lowest BCUT2D eigenvalue weighted by molar-refractivity contribution is 0.122. The monoisotopic (exact) mass is 453 g/mol. The second kappa shape index (κ2) is 7.46. The molecule has 5 rings (SSSR count). The molecule has 2 aliphatic heterocycles. The predicted molar refractivity (Wildman–Crippen MR) is 121 cm³/mol. The average Bonchev–Trinajstić information content (AvgIpc) is 3.50. The Labute approximate surface area is 188 Å². The summed E-state index contributed by atoms with van der Waals surface area (Å²) in [5, 5.41) is 13.5. The predicted octanol–water partition coefficient (Wildman–Crippen LogP) is 3.24. The van der Waals surface area contributed by atoms with Crippen molar-refractivity contribution in [1.82, 2.24) is 15.0 Å². The Morgan fingerprint density at radius 1 is 1.39 bits per heavy atom. The third kappa shape index (κ3) is 3.54. The maximum Gasteiger partial charge on any atom is 0.222 e. The number of aliphatic hydroxyl groups is 1. The molecule has 0 saturated carbocycles. The van der Waals surface area contributed by atoms with E-state index in [1.807, 2.05) is 17.5 Å². The van der Waals surface area contributed by atoms with Gasteiger partial charge >= 0.3 is 0 Å². The largest absolute Gasteiger partial charge is 0.380 e. The lowest BCUT2D eigenvalue weighted by Gasteiger charge is -2.24. The van der Waals surface area contributed by atoms with Gasteiger partial charge in [0.2, 0.25) is 5.95 Å². The molecule has 1 saturated heterocycles. The molecule has 3 N–H and O–H groups in total. The van der Waals surface area contributed by atoms with Crippen molar-refractivity contribution < 1.29 is 9.84 Å². The van der Waals surface area contributed by atoms with Crippen LogP contribution >= 0.6 is 22.9 Å². The van der Waals surface area contributed by atoms with Gasteiger partial charge in [0.25, 0.3) is 0 Å². The number of thiazole rings is 1. The Hall–Kier alpha value is -2.70. The molecule has 2 aromatic heterocycles. The van der Waals surface area contributed by atoms with Gasteiger partial charge in [0.15, 0.2) is 11.4 Å². The normalized spacial score (nSPS) is 21.6. The maximum atomic E-state index is 10.7. The molecule has 0 unspecified atom stereocenters. The molecule has 2 atom stereocenters. The number of nitrogens with two attached hydrogens (primary N) is 1. The Morgan fingerprint density at radius 3 is 3.00 bits per heavy atom. The van der Waals surface area contributed by atoms with Gasteiger partial charge in [0.1, 0.15) is 10.0 Å².